The van der Waals surface area contributed by atoms with Gasteiger partial charge in [-0.15, -0.1) is 0 Å². The van der Waals surface area contributed by atoms with Crippen LogP contribution in [0.2, 0.25) is 0 Å². The first-order chi connectivity index (χ1) is 11.7. The summed E-state index contributed by atoms with van der Waals surface area (Å²) in [7, 11) is 2.21. The Bertz CT molecular complexity index is 827. The maximum atomic E-state index is 3.79. The minimum atomic E-state index is 0.565. The summed E-state index contributed by atoms with van der Waals surface area (Å²) in [5, 5.41) is 5.07. The van der Waals surface area contributed by atoms with Gasteiger partial charge in [0.1, 0.15) is 0 Å². The Labute approximate surface area is 143 Å². The van der Waals surface area contributed by atoms with E-state index in [2.05, 4.69) is 77.7 Å². The SMILES string of the molecule is Cc1cc(NC2CCN(C)CC2)c2[nH]c(-c3ccccc3)cc2c1. The Hall–Kier alpha value is -2.26. The highest BCUT2D eigenvalue weighted by molar-refractivity contribution is 5.95. The second-order valence-corrected chi connectivity index (χ2v) is 7.05. The van der Waals surface area contributed by atoms with Crippen molar-refractivity contribution in [2.24, 2.45) is 0 Å². The molecule has 0 amide bonds. The van der Waals surface area contributed by atoms with Crippen molar-refractivity contribution < 1.29 is 0 Å². The molecule has 0 aliphatic carbocycles. The number of hydrogen-bond donors (Lipinski definition) is 2. The summed E-state index contributed by atoms with van der Waals surface area (Å²) in [6.45, 7) is 4.52. The Kier molecular flexibility index (Phi) is 4.03. The number of H-pyrrole nitrogens is 1. The number of rotatable bonds is 3. The predicted octanol–water partition coefficient (Wildman–Crippen LogP) is 4.65. The van der Waals surface area contributed by atoms with Crippen molar-refractivity contribution in [1.29, 1.82) is 0 Å². The summed E-state index contributed by atoms with van der Waals surface area (Å²) in [4.78, 5) is 6.04. The first-order valence-electron chi connectivity index (χ1n) is 8.83. The fourth-order valence-electron chi connectivity index (χ4n) is 3.65. The molecule has 0 radical (unpaired) electrons. The molecule has 24 heavy (non-hydrogen) atoms. The van der Waals surface area contributed by atoms with Crippen LogP contribution in [0.3, 0.4) is 0 Å². The van der Waals surface area contributed by atoms with Crippen LogP contribution in [0.4, 0.5) is 5.69 Å². The zero-order chi connectivity index (χ0) is 16.5. The van der Waals surface area contributed by atoms with Crippen LogP contribution in [0, 0.1) is 6.92 Å². The van der Waals surface area contributed by atoms with Gasteiger partial charge in [-0.05, 0) is 69.2 Å². The standard InChI is InChI=1S/C21H25N3/c1-15-12-17-14-19(16-6-4-3-5-7-16)23-21(17)20(13-15)22-18-8-10-24(2)11-9-18/h3-7,12-14,18,22-23H,8-11H2,1-2H3. The number of benzene rings is 2. The highest BCUT2D eigenvalue weighted by Crippen LogP contribution is 2.31. The average molecular weight is 319 g/mol. The fraction of sp³-hybridized carbons (Fsp3) is 0.333. The maximum Gasteiger partial charge on any atom is 0.0694 e. The molecule has 1 aliphatic rings. The van der Waals surface area contributed by atoms with Crippen LogP contribution in [0.25, 0.3) is 22.2 Å². The molecule has 0 saturated carbocycles. The molecule has 1 fully saturated rings. The van der Waals surface area contributed by atoms with Crippen molar-refractivity contribution in [3.05, 3.63) is 54.1 Å². The van der Waals surface area contributed by atoms with Gasteiger partial charge in [0.2, 0.25) is 0 Å². The Morgan fingerprint density at radius 3 is 2.54 bits per heavy atom. The number of hydrogen-bond acceptors (Lipinski definition) is 2. The molecule has 3 aromatic rings. The topological polar surface area (TPSA) is 31.1 Å². The van der Waals surface area contributed by atoms with Crippen molar-refractivity contribution in [1.82, 2.24) is 9.88 Å². The van der Waals surface area contributed by atoms with Crippen molar-refractivity contribution in [2.75, 3.05) is 25.5 Å². The van der Waals surface area contributed by atoms with Gasteiger partial charge < -0.3 is 15.2 Å². The Balaban J connectivity index is 1.68. The van der Waals surface area contributed by atoms with Gasteiger partial charge in [0.25, 0.3) is 0 Å². The summed E-state index contributed by atoms with van der Waals surface area (Å²) in [6, 6.07) is 17.9. The zero-order valence-electron chi connectivity index (χ0n) is 14.5. The number of nitrogens with one attached hydrogen (secondary N) is 2. The summed E-state index contributed by atoms with van der Waals surface area (Å²) >= 11 is 0. The molecule has 0 unspecified atom stereocenters. The smallest absolute Gasteiger partial charge is 0.0694 e. The van der Waals surface area contributed by atoms with E-state index in [1.54, 1.807) is 0 Å². The van der Waals surface area contributed by atoms with Crippen LogP contribution < -0.4 is 5.32 Å². The van der Waals surface area contributed by atoms with E-state index in [0.29, 0.717) is 6.04 Å². The number of nitrogens with zero attached hydrogens (tertiary/aromatic N) is 1. The zero-order valence-corrected chi connectivity index (χ0v) is 14.5. The van der Waals surface area contributed by atoms with Gasteiger partial charge in [0.15, 0.2) is 0 Å². The number of aromatic amines is 1. The van der Waals surface area contributed by atoms with Crippen molar-refractivity contribution in [2.45, 2.75) is 25.8 Å². The quantitative estimate of drug-likeness (QED) is 0.736. The maximum absolute atomic E-state index is 3.79. The number of aryl methyl sites for hydroxylation is 1. The van der Waals surface area contributed by atoms with E-state index in [1.165, 1.54) is 59.3 Å². The van der Waals surface area contributed by atoms with Crippen LogP contribution in [0.5, 0.6) is 0 Å². The minimum absolute atomic E-state index is 0.565. The molecule has 0 bridgehead atoms. The molecular formula is C21H25N3. The summed E-state index contributed by atoms with van der Waals surface area (Å²) in [6.07, 6.45) is 2.41. The largest absolute Gasteiger partial charge is 0.381 e. The van der Waals surface area contributed by atoms with Gasteiger partial charge in [-0.3, -0.25) is 0 Å². The molecule has 2 aromatic carbocycles. The van der Waals surface area contributed by atoms with Crippen molar-refractivity contribution in [3.63, 3.8) is 0 Å². The van der Waals surface area contributed by atoms with E-state index in [0.717, 1.165) is 0 Å². The van der Waals surface area contributed by atoms with E-state index in [9.17, 15) is 0 Å². The van der Waals surface area contributed by atoms with Gasteiger partial charge in [-0.1, -0.05) is 30.3 Å². The molecule has 1 aromatic heterocycles. The van der Waals surface area contributed by atoms with Crippen LogP contribution >= 0.6 is 0 Å². The summed E-state index contributed by atoms with van der Waals surface area (Å²) < 4.78 is 0. The lowest BCUT2D eigenvalue weighted by Crippen LogP contribution is -2.36. The predicted molar refractivity (Wildman–Crippen MR) is 103 cm³/mol. The van der Waals surface area contributed by atoms with Crippen LogP contribution in [-0.4, -0.2) is 36.1 Å². The van der Waals surface area contributed by atoms with Crippen LogP contribution in [-0.2, 0) is 0 Å². The Morgan fingerprint density at radius 2 is 1.79 bits per heavy atom. The number of likely N-dealkylation sites (tertiary alicyclic amines) is 1. The molecule has 2 N–H and O–H groups in total. The summed E-state index contributed by atoms with van der Waals surface area (Å²) in [5.41, 5.74) is 6.18. The van der Waals surface area contributed by atoms with Gasteiger partial charge in [0, 0.05) is 17.1 Å². The van der Waals surface area contributed by atoms with Gasteiger partial charge >= 0.3 is 0 Å². The van der Waals surface area contributed by atoms with Crippen molar-refractivity contribution >= 4 is 16.6 Å². The van der Waals surface area contributed by atoms with Crippen LogP contribution in [0.15, 0.2) is 48.5 Å². The van der Waals surface area contributed by atoms with Crippen LogP contribution in [0.1, 0.15) is 18.4 Å². The van der Waals surface area contributed by atoms with E-state index in [-0.39, 0.29) is 0 Å². The molecule has 2 heterocycles. The van der Waals surface area contributed by atoms with Crippen molar-refractivity contribution in [3.8, 4) is 11.3 Å². The monoisotopic (exact) mass is 319 g/mol. The minimum Gasteiger partial charge on any atom is -0.381 e. The van der Waals surface area contributed by atoms with E-state index in [4.69, 9.17) is 0 Å². The lowest BCUT2D eigenvalue weighted by molar-refractivity contribution is 0.264. The summed E-state index contributed by atoms with van der Waals surface area (Å²) in [5.74, 6) is 0. The number of anilines is 1. The number of aromatic nitrogens is 1. The molecule has 1 aliphatic heterocycles. The van der Waals surface area contributed by atoms with E-state index >= 15 is 0 Å². The molecule has 3 nitrogen and oxygen atoms in total. The third-order valence-corrected chi connectivity index (χ3v) is 5.04. The normalized spacial score (nSPS) is 16.6. The molecule has 3 heteroatoms. The number of fused-ring (bicyclic) bond motifs is 1. The third kappa shape index (κ3) is 3.04. The lowest BCUT2D eigenvalue weighted by atomic mass is 10.0. The van der Waals surface area contributed by atoms with E-state index < -0.39 is 0 Å². The highest BCUT2D eigenvalue weighted by atomic mass is 15.1. The first kappa shape index (κ1) is 15.3. The molecule has 0 spiro atoms. The second kappa shape index (κ2) is 6.33. The lowest BCUT2D eigenvalue weighted by Gasteiger charge is -2.30. The molecule has 124 valence electrons. The third-order valence-electron chi connectivity index (χ3n) is 5.04. The fourth-order valence-corrected chi connectivity index (χ4v) is 3.65. The van der Waals surface area contributed by atoms with Gasteiger partial charge in [0.05, 0.1) is 11.2 Å². The highest BCUT2D eigenvalue weighted by Gasteiger charge is 2.18. The molecule has 1 saturated heterocycles. The van der Waals surface area contributed by atoms with Gasteiger partial charge in [-0.2, -0.15) is 0 Å². The Morgan fingerprint density at radius 1 is 1.04 bits per heavy atom. The average Bonchev–Trinajstić information content (AvgIpc) is 3.02. The van der Waals surface area contributed by atoms with E-state index in [1.807, 2.05) is 0 Å². The molecule has 0 atom stereocenters. The number of piperidine rings is 1. The first-order valence-corrected chi connectivity index (χ1v) is 8.83. The van der Waals surface area contributed by atoms with Gasteiger partial charge in [-0.25, -0.2) is 0 Å². The second-order valence-electron chi connectivity index (χ2n) is 7.05. The molecular weight excluding hydrogens is 294 g/mol. The molecule has 4 rings (SSSR count).